The number of nitrogens with one attached hydrogen (secondary N) is 1. The molecule has 3 heterocycles. The van der Waals surface area contributed by atoms with E-state index in [0.29, 0.717) is 11.4 Å². The average molecular weight is 338 g/mol. The third kappa shape index (κ3) is 3.31. The second-order valence-corrected chi connectivity index (χ2v) is 6.25. The van der Waals surface area contributed by atoms with Crippen molar-refractivity contribution in [2.75, 3.05) is 0 Å². The van der Waals surface area contributed by atoms with Crippen LogP contribution in [0, 0.1) is 20.8 Å². The van der Waals surface area contributed by atoms with E-state index >= 15 is 0 Å². The van der Waals surface area contributed by atoms with Gasteiger partial charge in [-0.25, -0.2) is 9.67 Å². The van der Waals surface area contributed by atoms with Gasteiger partial charge in [0.2, 0.25) is 0 Å². The van der Waals surface area contributed by atoms with Crippen molar-refractivity contribution in [2.45, 2.75) is 33.7 Å². The molecule has 3 rings (SSSR count). The Morgan fingerprint density at radius 1 is 1.20 bits per heavy atom. The zero-order chi connectivity index (χ0) is 18.1. The number of rotatable bonds is 4. The molecule has 1 atom stereocenters. The molecule has 1 unspecified atom stereocenters. The molecular formula is C18H22N6O. The fraction of sp³-hybridized carbons (Fsp3) is 0.333. The number of carbonyl (C=O) groups is 1. The van der Waals surface area contributed by atoms with Gasteiger partial charge in [-0.05, 0) is 45.9 Å². The van der Waals surface area contributed by atoms with E-state index in [-0.39, 0.29) is 11.9 Å². The number of nitrogens with zero attached hydrogens (tertiary/aromatic N) is 5. The van der Waals surface area contributed by atoms with Crippen LogP contribution < -0.4 is 5.32 Å². The largest absolute Gasteiger partial charge is 0.345 e. The number of aromatic nitrogens is 5. The van der Waals surface area contributed by atoms with Crippen molar-refractivity contribution in [2.24, 2.45) is 7.05 Å². The molecule has 25 heavy (non-hydrogen) atoms. The van der Waals surface area contributed by atoms with Gasteiger partial charge < -0.3 is 5.32 Å². The van der Waals surface area contributed by atoms with Gasteiger partial charge in [-0.3, -0.25) is 9.48 Å². The van der Waals surface area contributed by atoms with Gasteiger partial charge in [0.25, 0.3) is 5.91 Å². The molecule has 7 nitrogen and oxygen atoms in total. The van der Waals surface area contributed by atoms with Crippen LogP contribution in [0.3, 0.4) is 0 Å². The first kappa shape index (κ1) is 16.9. The van der Waals surface area contributed by atoms with Crippen LogP contribution in [0.4, 0.5) is 0 Å². The van der Waals surface area contributed by atoms with E-state index < -0.39 is 0 Å². The molecule has 1 N–H and O–H groups in total. The quantitative estimate of drug-likeness (QED) is 0.792. The fourth-order valence-electron chi connectivity index (χ4n) is 2.81. The standard InChI is InChI=1S/C18H22N6O/c1-11-8-12(2)24(22-11)17-7-6-15(9-19-17)18(25)21-13(3)16-10-20-23(5)14(16)4/h6-10,13H,1-5H3,(H,21,25). The molecule has 0 spiro atoms. The minimum Gasteiger partial charge on any atom is -0.345 e. The first-order valence-corrected chi connectivity index (χ1v) is 8.16. The number of aryl methyl sites for hydroxylation is 3. The summed E-state index contributed by atoms with van der Waals surface area (Å²) in [5, 5.41) is 11.6. The summed E-state index contributed by atoms with van der Waals surface area (Å²) in [5.74, 6) is 0.529. The molecule has 0 bridgehead atoms. The van der Waals surface area contributed by atoms with E-state index in [4.69, 9.17) is 0 Å². The van der Waals surface area contributed by atoms with Crippen molar-refractivity contribution in [1.82, 2.24) is 29.9 Å². The maximum atomic E-state index is 12.5. The number of hydrogen-bond donors (Lipinski definition) is 1. The molecule has 0 fully saturated rings. The van der Waals surface area contributed by atoms with E-state index in [1.165, 1.54) is 0 Å². The van der Waals surface area contributed by atoms with E-state index in [1.54, 1.807) is 33.9 Å². The monoisotopic (exact) mass is 338 g/mol. The highest BCUT2D eigenvalue weighted by Gasteiger charge is 2.16. The maximum Gasteiger partial charge on any atom is 0.253 e. The number of amides is 1. The molecule has 0 aliphatic heterocycles. The summed E-state index contributed by atoms with van der Waals surface area (Å²) in [6, 6.07) is 5.42. The molecular weight excluding hydrogens is 316 g/mol. The van der Waals surface area contributed by atoms with Gasteiger partial charge in [-0.1, -0.05) is 0 Å². The summed E-state index contributed by atoms with van der Waals surface area (Å²) in [6.45, 7) is 7.84. The molecule has 0 saturated carbocycles. The Balaban J connectivity index is 1.75. The predicted octanol–water partition coefficient (Wildman–Crippen LogP) is 2.42. The first-order valence-electron chi connectivity index (χ1n) is 8.16. The minimum absolute atomic E-state index is 0.128. The molecule has 0 saturated heterocycles. The van der Waals surface area contributed by atoms with Crippen LogP contribution in [0.5, 0.6) is 0 Å². The Bertz CT molecular complexity index is 906. The highest BCUT2D eigenvalue weighted by Crippen LogP contribution is 2.17. The van der Waals surface area contributed by atoms with Crippen LogP contribution in [0.15, 0.2) is 30.6 Å². The van der Waals surface area contributed by atoms with Gasteiger partial charge in [0.1, 0.15) is 0 Å². The molecule has 0 aliphatic rings. The molecule has 7 heteroatoms. The predicted molar refractivity (Wildman–Crippen MR) is 94.7 cm³/mol. The van der Waals surface area contributed by atoms with E-state index in [2.05, 4.69) is 20.5 Å². The summed E-state index contributed by atoms with van der Waals surface area (Å²) in [6.07, 6.45) is 3.36. The van der Waals surface area contributed by atoms with E-state index in [9.17, 15) is 4.79 Å². The van der Waals surface area contributed by atoms with Crippen molar-refractivity contribution >= 4 is 5.91 Å². The van der Waals surface area contributed by atoms with Gasteiger partial charge in [-0.2, -0.15) is 10.2 Å². The topological polar surface area (TPSA) is 77.6 Å². The highest BCUT2D eigenvalue weighted by atomic mass is 16.1. The van der Waals surface area contributed by atoms with Crippen LogP contribution in [-0.4, -0.2) is 30.5 Å². The van der Waals surface area contributed by atoms with E-state index in [0.717, 1.165) is 22.6 Å². The molecule has 0 radical (unpaired) electrons. The van der Waals surface area contributed by atoms with E-state index in [1.807, 2.05) is 40.8 Å². The highest BCUT2D eigenvalue weighted by molar-refractivity contribution is 5.94. The Morgan fingerprint density at radius 3 is 2.48 bits per heavy atom. The lowest BCUT2D eigenvalue weighted by Crippen LogP contribution is -2.27. The third-order valence-electron chi connectivity index (χ3n) is 4.32. The first-order chi connectivity index (χ1) is 11.9. The summed E-state index contributed by atoms with van der Waals surface area (Å²) >= 11 is 0. The second-order valence-electron chi connectivity index (χ2n) is 6.25. The molecule has 3 aromatic heterocycles. The zero-order valence-electron chi connectivity index (χ0n) is 15.1. The van der Waals surface area contributed by atoms with Crippen LogP contribution >= 0.6 is 0 Å². The Labute approximate surface area is 146 Å². The van der Waals surface area contributed by atoms with Crippen molar-refractivity contribution in [3.63, 3.8) is 0 Å². The molecule has 0 aliphatic carbocycles. The second kappa shape index (κ2) is 6.51. The van der Waals surface area contributed by atoms with Crippen LogP contribution in [0.25, 0.3) is 5.82 Å². The van der Waals surface area contributed by atoms with Gasteiger partial charge in [0, 0.05) is 30.2 Å². The third-order valence-corrected chi connectivity index (χ3v) is 4.32. The normalized spacial score (nSPS) is 12.2. The van der Waals surface area contributed by atoms with Crippen LogP contribution in [-0.2, 0) is 7.05 Å². The zero-order valence-corrected chi connectivity index (χ0v) is 15.1. The number of carbonyl (C=O) groups excluding carboxylic acids is 1. The summed E-state index contributed by atoms with van der Waals surface area (Å²) in [7, 11) is 1.88. The van der Waals surface area contributed by atoms with Crippen molar-refractivity contribution in [1.29, 1.82) is 0 Å². The summed E-state index contributed by atoms with van der Waals surface area (Å²) in [4.78, 5) is 16.8. The van der Waals surface area contributed by atoms with Crippen LogP contribution in [0.2, 0.25) is 0 Å². The van der Waals surface area contributed by atoms with Gasteiger partial charge >= 0.3 is 0 Å². The lowest BCUT2D eigenvalue weighted by atomic mass is 10.1. The minimum atomic E-state index is -0.164. The summed E-state index contributed by atoms with van der Waals surface area (Å²) < 4.78 is 3.56. The molecule has 130 valence electrons. The van der Waals surface area contributed by atoms with Gasteiger partial charge in [0.15, 0.2) is 5.82 Å². The fourth-order valence-corrected chi connectivity index (χ4v) is 2.81. The maximum absolute atomic E-state index is 12.5. The average Bonchev–Trinajstić information content (AvgIpc) is 3.09. The number of hydrogen-bond acceptors (Lipinski definition) is 4. The smallest absolute Gasteiger partial charge is 0.253 e. The Hall–Kier alpha value is -2.96. The molecule has 3 aromatic rings. The Kier molecular flexibility index (Phi) is 4.39. The lowest BCUT2D eigenvalue weighted by Gasteiger charge is -2.14. The van der Waals surface area contributed by atoms with Crippen molar-refractivity contribution in [3.05, 3.63) is 58.8 Å². The van der Waals surface area contributed by atoms with Crippen molar-refractivity contribution in [3.8, 4) is 5.82 Å². The molecule has 0 aromatic carbocycles. The SMILES string of the molecule is Cc1cc(C)n(-c2ccc(C(=O)NC(C)c3cnn(C)c3C)cn2)n1. The summed E-state index contributed by atoms with van der Waals surface area (Å²) in [5.41, 5.74) is 4.48. The van der Waals surface area contributed by atoms with Gasteiger partial charge in [-0.15, -0.1) is 0 Å². The Morgan fingerprint density at radius 2 is 1.96 bits per heavy atom. The number of pyridine rings is 1. The lowest BCUT2D eigenvalue weighted by molar-refractivity contribution is 0.0939. The van der Waals surface area contributed by atoms with Gasteiger partial charge in [0.05, 0.1) is 23.5 Å². The molecule has 1 amide bonds. The van der Waals surface area contributed by atoms with Crippen LogP contribution in [0.1, 0.15) is 46.0 Å². The van der Waals surface area contributed by atoms with Crippen molar-refractivity contribution < 1.29 is 4.79 Å².